The zero-order valence-corrected chi connectivity index (χ0v) is 26.0. The average molecular weight is 611 g/mol. The van der Waals surface area contributed by atoms with E-state index in [2.05, 4.69) is 40.3 Å². The zero-order valence-electron chi connectivity index (χ0n) is 25.2. The lowest BCUT2D eigenvalue weighted by molar-refractivity contribution is -0.138. The number of nitrogens with zero attached hydrogens (tertiary/aromatic N) is 2. The largest absolute Gasteiger partial charge is 0.413 e. The van der Waals surface area contributed by atoms with E-state index in [1.54, 1.807) is 42.5 Å². The molecule has 8 nitrogen and oxygen atoms in total. The third-order valence-corrected chi connectivity index (χ3v) is 8.80. The first-order valence-corrected chi connectivity index (χ1v) is 15.9. The molecule has 0 radical (unpaired) electrons. The summed E-state index contributed by atoms with van der Waals surface area (Å²) >= 11 is 1.58. The van der Waals surface area contributed by atoms with Crippen molar-refractivity contribution in [1.29, 1.82) is 0 Å². The number of aromatic nitrogens is 1. The van der Waals surface area contributed by atoms with Gasteiger partial charge in [0.15, 0.2) is 0 Å². The first-order valence-electron chi connectivity index (χ1n) is 15.0. The average Bonchev–Trinajstić information content (AvgIpc) is 3.71. The van der Waals surface area contributed by atoms with Crippen LogP contribution in [0.15, 0.2) is 96.4 Å². The van der Waals surface area contributed by atoms with Crippen LogP contribution >= 0.6 is 11.3 Å². The topological polar surface area (TPSA) is 101 Å². The molecule has 0 spiro atoms. The molecule has 44 heavy (non-hydrogen) atoms. The number of amides is 3. The highest BCUT2D eigenvalue weighted by Gasteiger charge is 2.38. The van der Waals surface area contributed by atoms with Gasteiger partial charge < -0.3 is 20.3 Å². The summed E-state index contributed by atoms with van der Waals surface area (Å²) in [6.45, 7) is 5.97. The molecule has 0 aliphatic carbocycles. The van der Waals surface area contributed by atoms with Crippen molar-refractivity contribution in [3.05, 3.63) is 118 Å². The standard InChI is InChI=1S/C35H38N4O4S/c1-23(2)31(38-32(40)24(3)36-35(42)43-27-18-11-6-12-19-27)34(41)39-21-13-20-29(39)33-37-28(22-44-33)30(25-14-7-4-8-15-25)26-16-9-5-10-17-26/h4-12,14-19,22-24,29-31H,13,20-21H2,1-3H3,(H,36,42)(H,38,40)/t24-,29-,31-/m0/s1. The van der Waals surface area contributed by atoms with Crippen molar-refractivity contribution in [3.8, 4) is 5.75 Å². The van der Waals surface area contributed by atoms with Crippen molar-refractivity contribution in [3.63, 3.8) is 0 Å². The van der Waals surface area contributed by atoms with Crippen LogP contribution in [0.25, 0.3) is 0 Å². The molecule has 228 valence electrons. The first-order chi connectivity index (χ1) is 21.3. The molecule has 9 heteroatoms. The molecule has 1 aliphatic rings. The molecule has 5 rings (SSSR count). The third-order valence-electron chi connectivity index (χ3n) is 7.83. The molecule has 2 N–H and O–H groups in total. The lowest BCUT2D eigenvalue weighted by Gasteiger charge is -2.31. The number of hydrogen-bond donors (Lipinski definition) is 2. The summed E-state index contributed by atoms with van der Waals surface area (Å²) in [5.41, 5.74) is 3.28. The fourth-order valence-corrected chi connectivity index (χ4v) is 6.53. The summed E-state index contributed by atoms with van der Waals surface area (Å²) in [4.78, 5) is 46.4. The van der Waals surface area contributed by atoms with Crippen molar-refractivity contribution in [2.24, 2.45) is 5.92 Å². The number of benzene rings is 3. The van der Waals surface area contributed by atoms with E-state index >= 15 is 0 Å². The first kappa shape index (κ1) is 30.9. The number of likely N-dealkylation sites (tertiary alicyclic amines) is 1. The van der Waals surface area contributed by atoms with Crippen molar-refractivity contribution in [1.82, 2.24) is 20.5 Å². The monoisotopic (exact) mass is 610 g/mol. The smallest absolute Gasteiger partial charge is 0.410 e. The van der Waals surface area contributed by atoms with Gasteiger partial charge in [0, 0.05) is 11.9 Å². The molecular weight excluding hydrogens is 572 g/mol. The van der Waals surface area contributed by atoms with Crippen LogP contribution in [0.1, 0.15) is 67.4 Å². The van der Waals surface area contributed by atoms with Crippen LogP contribution in [-0.4, -0.2) is 46.4 Å². The maximum Gasteiger partial charge on any atom is 0.413 e. The summed E-state index contributed by atoms with van der Waals surface area (Å²) in [5, 5.41) is 8.43. The minimum Gasteiger partial charge on any atom is -0.410 e. The summed E-state index contributed by atoms with van der Waals surface area (Å²) in [6.07, 6.45) is 0.922. The Morgan fingerprint density at radius 3 is 2.05 bits per heavy atom. The van der Waals surface area contributed by atoms with E-state index in [0.717, 1.165) is 34.7 Å². The highest BCUT2D eigenvalue weighted by Crippen LogP contribution is 2.38. The number of thiazole rings is 1. The minimum atomic E-state index is -0.899. The van der Waals surface area contributed by atoms with Crippen LogP contribution in [-0.2, 0) is 9.59 Å². The second-order valence-corrected chi connectivity index (χ2v) is 12.2. The number of hydrogen-bond acceptors (Lipinski definition) is 6. The fourth-order valence-electron chi connectivity index (χ4n) is 5.54. The van der Waals surface area contributed by atoms with Crippen LogP contribution in [0, 0.1) is 5.92 Å². The molecule has 1 aromatic heterocycles. The molecule has 3 amide bonds. The van der Waals surface area contributed by atoms with Gasteiger partial charge in [-0.3, -0.25) is 9.59 Å². The Hall–Kier alpha value is -4.50. The van der Waals surface area contributed by atoms with Gasteiger partial charge in [-0.25, -0.2) is 9.78 Å². The molecule has 0 bridgehead atoms. The van der Waals surface area contributed by atoms with Crippen LogP contribution < -0.4 is 15.4 Å². The number of rotatable bonds is 10. The van der Waals surface area contributed by atoms with Crippen LogP contribution in [0.3, 0.4) is 0 Å². The summed E-state index contributed by atoms with van der Waals surface area (Å²) in [6, 6.07) is 27.5. The van der Waals surface area contributed by atoms with E-state index in [-0.39, 0.29) is 23.8 Å². The highest BCUT2D eigenvalue weighted by atomic mass is 32.1. The Bertz CT molecular complexity index is 1510. The third kappa shape index (κ3) is 7.34. The maximum atomic E-state index is 14.0. The molecular formula is C35H38N4O4S. The minimum absolute atomic E-state index is 0.0155. The predicted molar refractivity (Wildman–Crippen MR) is 171 cm³/mol. The summed E-state index contributed by atoms with van der Waals surface area (Å²) < 4.78 is 5.24. The van der Waals surface area contributed by atoms with Gasteiger partial charge in [0.05, 0.1) is 17.7 Å². The Labute approximate surface area is 262 Å². The van der Waals surface area contributed by atoms with Crippen LogP contribution in [0.5, 0.6) is 5.75 Å². The molecule has 0 unspecified atom stereocenters. The maximum absolute atomic E-state index is 14.0. The Balaban J connectivity index is 1.29. The summed E-state index contributed by atoms with van der Waals surface area (Å²) in [7, 11) is 0. The van der Waals surface area contributed by atoms with Crippen molar-refractivity contribution in [2.45, 2.75) is 57.7 Å². The lowest BCUT2D eigenvalue weighted by Crippen LogP contribution is -2.55. The van der Waals surface area contributed by atoms with Crippen molar-refractivity contribution >= 4 is 29.2 Å². The number of nitrogens with one attached hydrogen (secondary N) is 2. The van der Waals surface area contributed by atoms with Crippen molar-refractivity contribution < 1.29 is 19.1 Å². The lowest BCUT2D eigenvalue weighted by atomic mass is 9.89. The second-order valence-electron chi connectivity index (χ2n) is 11.4. The fraction of sp³-hybridized carbons (Fsp3) is 0.314. The van der Waals surface area contributed by atoms with Gasteiger partial charge in [-0.15, -0.1) is 11.3 Å². The Morgan fingerprint density at radius 2 is 1.45 bits per heavy atom. The van der Waals surface area contributed by atoms with E-state index in [9.17, 15) is 14.4 Å². The predicted octanol–water partition coefficient (Wildman–Crippen LogP) is 6.30. The Kier molecular flexibility index (Phi) is 10.1. The number of ether oxygens (including phenoxy) is 1. The molecule has 3 aromatic carbocycles. The van der Waals surface area contributed by atoms with Gasteiger partial charge in [-0.05, 0) is 48.9 Å². The SMILES string of the molecule is CC(C)[C@H](NC(=O)[C@H](C)NC(=O)Oc1ccccc1)C(=O)N1CCC[C@H]1c1nc(C(c2ccccc2)c2ccccc2)cs1. The second kappa shape index (κ2) is 14.3. The molecule has 1 fully saturated rings. The highest BCUT2D eigenvalue weighted by molar-refractivity contribution is 7.09. The molecule has 1 saturated heterocycles. The number of carbonyl (C=O) groups excluding carboxylic acids is 3. The molecule has 3 atom stereocenters. The van der Waals surface area contributed by atoms with Crippen molar-refractivity contribution in [2.75, 3.05) is 6.54 Å². The van der Waals surface area contributed by atoms with E-state index in [1.807, 2.05) is 61.2 Å². The van der Waals surface area contributed by atoms with E-state index in [1.165, 1.54) is 0 Å². The molecule has 2 heterocycles. The molecule has 1 aliphatic heterocycles. The molecule has 4 aromatic rings. The number of carbonyl (C=O) groups is 3. The van der Waals surface area contributed by atoms with Crippen LogP contribution in [0.4, 0.5) is 4.79 Å². The summed E-state index contributed by atoms with van der Waals surface area (Å²) in [5.74, 6) is -0.406. The van der Waals surface area contributed by atoms with E-state index < -0.39 is 24.1 Å². The number of para-hydroxylation sites is 1. The normalized spacial score (nSPS) is 16.0. The van der Waals surface area contributed by atoms with Gasteiger partial charge in [-0.2, -0.15) is 0 Å². The van der Waals surface area contributed by atoms with Gasteiger partial charge in [0.25, 0.3) is 0 Å². The van der Waals surface area contributed by atoms with Crippen LogP contribution in [0.2, 0.25) is 0 Å². The molecule has 0 saturated carbocycles. The quantitative estimate of drug-likeness (QED) is 0.219. The van der Waals surface area contributed by atoms with Gasteiger partial charge in [0.2, 0.25) is 11.8 Å². The zero-order chi connectivity index (χ0) is 31.1. The van der Waals surface area contributed by atoms with E-state index in [0.29, 0.717) is 12.3 Å². The van der Waals surface area contributed by atoms with Gasteiger partial charge >= 0.3 is 6.09 Å². The van der Waals surface area contributed by atoms with E-state index in [4.69, 9.17) is 9.72 Å². The van der Waals surface area contributed by atoms with Gasteiger partial charge in [-0.1, -0.05) is 92.7 Å². The van der Waals surface area contributed by atoms with Gasteiger partial charge in [0.1, 0.15) is 22.8 Å². The Morgan fingerprint density at radius 1 is 0.864 bits per heavy atom.